The third-order valence-electron chi connectivity index (χ3n) is 5.71. The standard InChI is InChI=1S/C27H24FN3O5/c28-21-11-13-22(14-12-21)29-23(32)17-36-27(35)20-15-24(33)31(16-20)30-26(34)25(18-7-3-1-4-8-18)19-9-5-2-6-10-19/h1-14,20,25H,15-17H2,(H,29,32)(H,30,34)/t20-/m1/s1. The number of amides is 3. The number of carbonyl (C=O) groups is 4. The van der Waals surface area contributed by atoms with E-state index < -0.39 is 48.0 Å². The average molecular weight is 490 g/mol. The molecule has 3 aromatic rings. The Morgan fingerprint density at radius 2 is 1.50 bits per heavy atom. The third-order valence-corrected chi connectivity index (χ3v) is 5.71. The van der Waals surface area contributed by atoms with E-state index in [-0.39, 0.29) is 13.0 Å². The molecule has 0 bridgehead atoms. The zero-order valence-corrected chi connectivity index (χ0v) is 19.2. The van der Waals surface area contributed by atoms with Gasteiger partial charge in [-0.1, -0.05) is 60.7 Å². The third kappa shape index (κ3) is 6.12. The van der Waals surface area contributed by atoms with Crippen molar-refractivity contribution in [3.05, 3.63) is 102 Å². The van der Waals surface area contributed by atoms with Crippen molar-refractivity contribution in [3.63, 3.8) is 0 Å². The highest BCUT2D eigenvalue weighted by Crippen LogP contribution is 2.26. The molecule has 0 unspecified atom stereocenters. The van der Waals surface area contributed by atoms with Crippen molar-refractivity contribution >= 4 is 29.4 Å². The van der Waals surface area contributed by atoms with Crippen molar-refractivity contribution < 1.29 is 28.3 Å². The second-order valence-corrected chi connectivity index (χ2v) is 8.30. The molecule has 3 aromatic carbocycles. The molecule has 1 heterocycles. The highest BCUT2D eigenvalue weighted by atomic mass is 19.1. The van der Waals surface area contributed by atoms with Crippen LogP contribution in [0.1, 0.15) is 23.5 Å². The normalized spacial score (nSPS) is 15.0. The predicted octanol–water partition coefficient (Wildman–Crippen LogP) is 3.02. The van der Waals surface area contributed by atoms with Gasteiger partial charge in [0.2, 0.25) is 5.91 Å². The lowest BCUT2D eigenvalue weighted by molar-refractivity contribution is -0.151. The number of rotatable bonds is 8. The van der Waals surface area contributed by atoms with Crippen LogP contribution in [0.3, 0.4) is 0 Å². The molecule has 1 aliphatic heterocycles. The molecular formula is C27H24FN3O5. The molecule has 0 spiro atoms. The summed E-state index contributed by atoms with van der Waals surface area (Å²) in [6.45, 7) is -0.628. The monoisotopic (exact) mass is 489 g/mol. The van der Waals surface area contributed by atoms with Gasteiger partial charge in [0.05, 0.1) is 18.4 Å². The van der Waals surface area contributed by atoms with Gasteiger partial charge in [0, 0.05) is 12.1 Å². The summed E-state index contributed by atoms with van der Waals surface area (Å²) < 4.78 is 18.0. The Labute approximate surface area is 207 Å². The Bertz CT molecular complexity index is 1200. The first-order valence-electron chi connectivity index (χ1n) is 11.3. The van der Waals surface area contributed by atoms with Crippen molar-refractivity contribution in [2.24, 2.45) is 5.92 Å². The number of halogens is 1. The van der Waals surface area contributed by atoms with Gasteiger partial charge in [0.1, 0.15) is 5.82 Å². The second-order valence-electron chi connectivity index (χ2n) is 8.30. The SMILES string of the molecule is O=C(COC(=O)[C@@H]1CC(=O)N(NC(=O)C(c2ccccc2)c2ccccc2)C1)Nc1ccc(F)cc1. The summed E-state index contributed by atoms with van der Waals surface area (Å²) in [5.41, 5.74) is 4.52. The fourth-order valence-electron chi connectivity index (χ4n) is 3.94. The quantitative estimate of drug-likeness (QED) is 0.474. The van der Waals surface area contributed by atoms with Crippen LogP contribution in [0.25, 0.3) is 0 Å². The van der Waals surface area contributed by atoms with E-state index in [1.54, 1.807) is 0 Å². The van der Waals surface area contributed by atoms with Gasteiger partial charge in [-0.3, -0.25) is 29.6 Å². The molecule has 184 valence electrons. The highest BCUT2D eigenvalue weighted by Gasteiger charge is 2.37. The van der Waals surface area contributed by atoms with Gasteiger partial charge in [0.25, 0.3) is 11.8 Å². The zero-order valence-electron chi connectivity index (χ0n) is 19.2. The molecule has 0 saturated carbocycles. The van der Waals surface area contributed by atoms with E-state index in [4.69, 9.17) is 4.74 Å². The smallest absolute Gasteiger partial charge is 0.311 e. The summed E-state index contributed by atoms with van der Waals surface area (Å²) in [4.78, 5) is 50.2. The van der Waals surface area contributed by atoms with E-state index in [1.165, 1.54) is 24.3 Å². The Morgan fingerprint density at radius 3 is 2.08 bits per heavy atom. The van der Waals surface area contributed by atoms with E-state index in [0.29, 0.717) is 5.69 Å². The van der Waals surface area contributed by atoms with Gasteiger partial charge < -0.3 is 10.1 Å². The lowest BCUT2D eigenvalue weighted by Crippen LogP contribution is -2.45. The van der Waals surface area contributed by atoms with Crippen LogP contribution >= 0.6 is 0 Å². The van der Waals surface area contributed by atoms with Gasteiger partial charge in [-0.15, -0.1) is 0 Å². The van der Waals surface area contributed by atoms with Crippen molar-refractivity contribution in [2.45, 2.75) is 12.3 Å². The molecule has 1 fully saturated rings. The highest BCUT2D eigenvalue weighted by molar-refractivity contribution is 5.94. The molecule has 2 N–H and O–H groups in total. The number of hydrazine groups is 1. The number of carbonyl (C=O) groups excluding carboxylic acids is 4. The number of nitrogens with zero attached hydrogens (tertiary/aromatic N) is 1. The number of hydrogen-bond acceptors (Lipinski definition) is 5. The largest absolute Gasteiger partial charge is 0.455 e. The molecule has 36 heavy (non-hydrogen) atoms. The van der Waals surface area contributed by atoms with Crippen LogP contribution in [-0.2, 0) is 23.9 Å². The second kappa shape index (κ2) is 11.3. The van der Waals surface area contributed by atoms with Gasteiger partial charge in [-0.25, -0.2) is 4.39 Å². The Kier molecular flexibility index (Phi) is 7.69. The predicted molar refractivity (Wildman–Crippen MR) is 129 cm³/mol. The number of esters is 1. The van der Waals surface area contributed by atoms with Crippen molar-refractivity contribution in [2.75, 3.05) is 18.5 Å². The number of ether oxygens (including phenoxy) is 1. The minimum Gasteiger partial charge on any atom is -0.455 e. The zero-order chi connectivity index (χ0) is 25.5. The minimum absolute atomic E-state index is 0.0702. The molecule has 0 radical (unpaired) electrons. The summed E-state index contributed by atoms with van der Waals surface area (Å²) in [6.07, 6.45) is -0.153. The molecule has 3 amide bonds. The van der Waals surface area contributed by atoms with Gasteiger partial charge >= 0.3 is 5.97 Å². The van der Waals surface area contributed by atoms with Crippen LogP contribution in [0.2, 0.25) is 0 Å². The summed E-state index contributed by atoms with van der Waals surface area (Å²) in [5, 5.41) is 3.60. The molecule has 1 atom stereocenters. The van der Waals surface area contributed by atoms with Crippen LogP contribution in [0.5, 0.6) is 0 Å². The maximum Gasteiger partial charge on any atom is 0.311 e. The van der Waals surface area contributed by atoms with E-state index in [1.807, 2.05) is 60.7 Å². The maximum absolute atomic E-state index is 13.2. The van der Waals surface area contributed by atoms with Gasteiger partial charge in [-0.05, 0) is 35.4 Å². The summed E-state index contributed by atoms with van der Waals surface area (Å²) in [6, 6.07) is 23.5. The molecular weight excluding hydrogens is 465 g/mol. The number of benzene rings is 3. The van der Waals surface area contributed by atoms with Crippen LogP contribution < -0.4 is 10.7 Å². The first-order valence-corrected chi connectivity index (χ1v) is 11.3. The van der Waals surface area contributed by atoms with Crippen molar-refractivity contribution in [1.29, 1.82) is 0 Å². The fraction of sp³-hybridized carbons (Fsp3) is 0.185. The van der Waals surface area contributed by atoms with Gasteiger partial charge in [-0.2, -0.15) is 0 Å². The van der Waals surface area contributed by atoms with Gasteiger partial charge in [0.15, 0.2) is 6.61 Å². The van der Waals surface area contributed by atoms with Crippen molar-refractivity contribution in [1.82, 2.24) is 10.4 Å². The average Bonchev–Trinajstić information content (AvgIpc) is 3.25. The van der Waals surface area contributed by atoms with E-state index in [0.717, 1.165) is 16.1 Å². The number of anilines is 1. The number of hydrogen-bond donors (Lipinski definition) is 2. The van der Waals surface area contributed by atoms with Crippen LogP contribution in [0.4, 0.5) is 10.1 Å². The Morgan fingerprint density at radius 1 is 0.917 bits per heavy atom. The number of nitrogens with one attached hydrogen (secondary N) is 2. The van der Waals surface area contributed by atoms with Crippen LogP contribution in [0, 0.1) is 11.7 Å². The Hall–Kier alpha value is -4.53. The maximum atomic E-state index is 13.2. The van der Waals surface area contributed by atoms with Crippen LogP contribution in [-0.4, -0.2) is 41.9 Å². The first kappa shape index (κ1) is 24.6. The Balaban J connectivity index is 1.34. The van der Waals surface area contributed by atoms with Crippen molar-refractivity contribution in [3.8, 4) is 0 Å². The topological polar surface area (TPSA) is 105 Å². The molecule has 0 aliphatic carbocycles. The molecule has 1 saturated heterocycles. The van der Waals surface area contributed by atoms with Crippen LogP contribution in [0.15, 0.2) is 84.9 Å². The lowest BCUT2D eigenvalue weighted by atomic mass is 9.91. The lowest BCUT2D eigenvalue weighted by Gasteiger charge is -2.23. The molecule has 1 aliphatic rings. The van der Waals surface area contributed by atoms with E-state index in [9.17, 15) is 23.6 Å². The van der Waals surface area contributed by atoms with E-state index >= 15 is 0 Å². The van der Waals surface area contributed by atoms with E-state index in [2.05, 4.69) is 10.7 Å². The first-order chi connectivity index (χ1) is 17.4. The fourth-order valence-corrected chi connectivity index (χ4v) is 3.94. The summed E-state index contributed by atoms with van der Waals surface area (Å²) in [7, 11) is 0. The molecule has 4 rings (SSSR count). The molecule has 8 nitrogen and oxygen atoms in total. The molecule has 0 aromatic heterocycles. The summed E-state index contributed by atoms with van der Waals surface area (Å²) in [5.74, 6) is -4.09. The summed E-state index contributed by atoms with van der Waals surface area (Å²) >= 11 is 0. The molecule has 9 heteroatoms. The minimum atomic E-state index is -0.830.